The molecule has 6 nitrogen and oxygen atoms in total. The summed E-state index contributed by atoms with van der Waals surface area (Å²) in [6.45, 7) is 8.25. The molecule has 0 atom stereocenters. The van der Waals surface area contributed by atoms with Crippen LogP contribution < -0.4 is 4.90 Å². The first-order chi connectivity index (χ1) is 14.5. The number of pyridine rings is 1. The number of fused-ring (bicyclic) bond motifs is 1. The third-order valence-electron chi connectivity index (χ3n) is 6.45. The number of alkyl halides is 3. The van der Waals surface area contributed by atoms with E-state index in [1.165, 1.54) is 12.3 Å². The van der Waals surface area contributed by atoms with E-state index >= 15 is 0 Å². The van der Waals surface area contributed by atoms with Crippen LogP contribution in [0.15, 0.2) is 24.7 Å². The molecule has 31 heavy (non-hydrogen) atoms. The lowest BCUT2D eigenvalue weighted by Gasteiger charge is -2.47. The van der Waals surface area contributed by atoms with Crippen molar-refractivity contribution < 1.29 is 22.7 Å². The van der Waals surface area contributed by atoms with E-state index in [1.54, 1.807) is 15.6 Å². The van der Waals surface area contributed by atoms with Crippen LogP contribution in [0, 0.1) is 5.41 Å². The minimum absolute atomic E-state index is 0.130. The molecular formula is C22H29F3N4O2. The summed E-state index contributed by atoms with van der Waals surface area (Å²) in [6.07, 6.45) is 1.92. The Balaban J connectivity index is 1.43. The average molecular weight is 438 g/mol. The lowest BCUT2D eigenvalue weighted by atomic mass is 9.71. The van der Waals surface area contributed by atoms with Crippen LogP contribution in [-0.2, 0) is 10.9 Å². The molecule has 0 radical (unpaired) electrons. The molecule has 2 saturated heterocycles. The molecule has 2 aliphatic rings. The number of hydrogen-bond acceptors (Lipinski definition) is 4. The normalized spacial score (nSPS) is 19.8. The molecule has 9 heteroatoms. The molecule has 2 fully saturated rings. The fraction of sp³-hybridized carbons (Fsp3) is 0.636. The monoisotopic (exact) mass is 438 g/mol. The van der Waals surface area contributed by atoms with Gasteiger partial charge in [0.15, 0.2) is 0 Å². The molecule has 0 N–H and O–H groups in total. The quantitative estimate of drug-likeness (QED) is 0.631. The van der Waals surface area contributed by atoms with E-state index < -0.39 is 17.3 Å². The Labute approximate surface area is 180 Å². The predicted octanol–water partition coefficient (Wildman–Crippen LogP) is 4.97. The van der Waals surface area contributed by atoms with E-state index in [9.17, 15) is 18.0 Å². The molecule has 4 heterocycles. The molecule has 4 rings (SSSR count). The van der Waals surface area contributed by atoms with Crippen LogP contribution in [0.1, 0.15) is 52.0 Å². The Bertz CT molecular complexity index is 946. The van der Waals surface area contributed by atoms with E-state index in [0.717, 1.165) is 31.7 Å². The van der Waals surface area contributed by atoms with E-state index in [-0.39, 0.29) is 11.5 Å². The van der Waals surface area contributed by atoms with Gasteiger partial charge in [0, 0.05) is 26.2 Å². The molecule has 1 amide bonds. The van der Waals surface area contributed by atoms with Crippen molar-refractivity contribution in [3.8, 4) is 0 Å². The van der Waals surface area contributed by atoms with Gasteiger partial charge in [0.05, 0.1) is 17.3 Å². The first-order valence-electron chi connectivity index (χ1n) is 10.7. The van der Waals surface area contributed by atoms with Crippen LogP contribution in [0.25, 0.3) is 5.52 Å². The van der Waals surface area contributed by atoms with Gasteiger partial charge in [-0.3, -0.25) is 4.40 Å². The summed E-state index contributed by atoms with van der Waals surface area (Å²) in [5.74, 6) is 0.531. The van der Waals surface area contributed by atoms with Crippen LogP contribution in [0.2, 0.25) is 0 Å². The van der Waals surface area contributed by atoms with Crippen molar-refractivity contribution in [1.29, 1.82) is 0 Å². The van der Waals surface area contributed by atoms with Crippen LogP contribution in [0.5, 0.6) is 0 Å². The number of anilines is 1. The minimum atomic E-state index is -4.40. The average Bonchev–Trinajstić information content (AvgIpc) is 3.15. The molecule has 0 aromatic carbocycles. The van der Waals surface area contributed by atoms with Gasteiger partial charge < -0.3 is 14.5 Å². The predicted molar refractivity (Wildman–Crippen MR) is 111 cm³/mol. The highest BCUT2D eigenvalue weighted by atomic mass is 19.4. The van der Waals surface area contributed by atoms with Gasteiger partial charge >= 0.3 is 12.3 Å². The standard InChI is InChI=1S/C22H29F3N4O2/c1-20(2,3)31-19(30)28-10-6-21(7-11-28)4-8-27(9-5-21)18-13-16(22(23,24)25)12-17-14-26-15-29(17)18/h12-15H,4-11H2,1-3H3. The summed E-state index contributed by atoms with van der Waals surface area (Å²) in [5, 5.41) is 0. The summed E-state index contributed by atoms with van der Waals surface area (Å²) in [4.78, 5) is 20.2. The van der Waals surface area contributed by atoms with Crippen molar-refractivity contribution in [2.45, 2.75) is 58.2 Å². The van der Waals surface area contributed by atoms with Gasteiger partial charge in [-0.05, 0) is 64.0 Å². The highest BCUT2D eigenvalue weighted by molar-refractivity contribution is 5.68. The zero-order valence-electron chi connectivity index (χ0n) is 18.2. The summed E-state index contributed by atoms with van der Waals surface area (Å²) < 4.78 is 47.3. The molecule has 170 valence electrons. The number of piperidine rings is 2. The number of carbonyl (C=O) groups is 1. The van der Waals surface area contributed by atoms with E-state index in [1.807, 2.05) is 25.7 Å². The molecule has 2 aromatic heterocycles. The van der Waals surface area contributed by atoms with Gasteiger partial charge in [0.25, 0.3) is 0 Å². The number of halogens is 3. The Morgan fingerprint density at radius 1 is 1.03 bits per heavy atom. The topological polar surface area (TPSA) is 50.1 Å². The zero-order chi connectivity index (χ0) is 22.4. The molecule has 0 aliphatic carbocycles. The fourth-order valence-electron chi connectivity index (χ4n) is 4.62. The van der Waals surface area contributed by atoms with Crippen LogP contribution in [-0.4, -0.2) is 52.2 Å². The number of nitrogens with zero attached hydrogens (tertiary/aromatic N) is 4. The van der Waals surface area contributed by atoms with Crippen molar-refractivity contribution in [3.63, 3.8) is 0 Å². The van der Waals surface area contributed by atoms with Gasteiger partial charge in [-0.2, -0.15) is 13.2 Å². The first-order valence-corrected chi connectivity index (χ1v) is 10.7. The van der Waals surface area contributed by atoms with Crippen molar-refractivity contribution >= 4 is 17.4 Å². The van der Waals surface area contributed by atoms with Crippen molar-refractivity contribution in [2.75, 3.05) is 31.1 Å². The van der Waals surface area contributed by atoms with Gasteiger partial charge in [0.1, 0.15) is 17.7 Å². The van der Waals surface area contributed by atoms with E-state index in [0.29, 0.717) is 37.5 Å². The van der Waals surface area contributed by atoms with Crippen molar-refractivity contribution in [1.82, 2.24) is 14.3 Å². The summed E-state index contributed by atoms with van der Waals surface area (Å²) >= 11 is 0. The number of carbonyl (C=O) groups excluding carboxylic acids is 1. The third kappa shape index (κ3) is 4.60. The first kappa shape index (κ1) is 21.8. The van der Waals surface area contributed by atoms with Gasteiger partial charge in [0.2, 0.25) is 0 Å². The second-order valence-corrected chi connectivity index (χ2v) is 9.74. The molecule has 1 spiro atoms. The smallest absolute Gasteiger partial charge is 0.416 e. The Hall–Kier alpha value is -2.45. The van der Waals surface area contributed by atoms with Crippen LogP contribution in [0.3, 0.4) is 0 Å². The molecule has 0 bridgehead atoms. The minimum Gasteiger partial charge on any atom is -0.444 e. The van der Waals surface area contributed by atoms with Crippen molar-refractivity contribution in [3.05, 3.63) is 30.2 Å². The van der Waals surface area contributed by atoms with Gasteiger partial charge in [-0.15, -0.1) is 0 Å². The van der Waals surface area contributed by atoms with Gasteiger partial charge in [-0.1, -0.05) is 0 Å². The largest absolute Gasteiger partial charge is 0.444 e. The summed E-state index contributed by atoms with van der Waals surface area (Å²) in [6, 6.07) is 2.35. The second-order valence-electron chi connectivity index (χ2n) is 9.74. The number of aromatic nitrogens is 2. The Kier molecular flexibility index (Phi) is 5.34. The fourth-order valence-corrected chi connectivity index (χ4v) is 4.62. The second kappa shape index (κ2) is 7.60. The van der Waals surface area contributed by atoms with Gasteiger partial charge in [-0.25, -0.2) is 9.78 Å². The molecule has 0 unspecified atom stereocenters. The lowest BCUT2D eigenvalue weighted by molar-refractivity contribution is -0.137. The third-order valence-corrected chi connectivity index (χ3v) is 6.45. The molecule has 2 aromatic rings. The summed E-state index contributed by atoms with van der Waals surface area (Å²) in [7, 11) is 0. The highest BCUT2D eigenvalue weighted by Gasteiger charge is 2.40. The number of imidazole rings is 1. The highest BCUT2D eigenvalue weighted by Crippen LogP contribution is 2.43. The number of amides is 1. The molecular weight excluding hydrogens is 409 g/mol. The molecule has 2 aliphatic heterocycles. The number of rotatable bonds is 1. The van der Waals surface area contributed by atoms with E-state index in [4.69, 9.17) is 4.74 Å². The van der Waals surface area contributed by atoms with Crippen LogP contribution >= 0.6 is 0 Å². The number of hydrogen-bond donors (Lipinski definition) is 0. The summed E-state index contributed by atoms with van der Waals surface area (Å²) in [5.41, 5.74) is -0.594. The Morgan fingerprint density at radius 3 is 2.23 bits per heavy atom. The maximum absolute atomic E-state index is 13.4. The zero-order valence-corrected chi connectivity index (χ0v) is 18.2. The maximum Gasteiger partial charge on any atom is 0.416 e. The van der Waals surface area contributed by atoms with Crippen LogP contribution in [0.4, 0.5) is 23.8 Å². The van der Waals surface area contributed by atoms with E-state index in [2.05, 4.69) is 4.98 Å². The SMILES string of the molecule is CC(C)(C)OC(=O)N1CCC2(CC1)CCN(c1cc(C(F)(F)F)cc3cncn13)CC2. The number of ether oxygens (including phenoxy) is 1. The number of likely N-dealkylation sites (tertiary alicyclic amines) is 1. The Morgan fingerprint density at radius 2 is 1.65 bits per heavy atom. The van der Waals surface area contributed by atoms with Crippen molar-refractivity contribution in [2.24, 2.45) is 5.41 Å². The molecule has 0 saturated carbocycles. The lowest BCUT2D eigenvalue weighted by Crippen LogP contribution is -2.49. The maximum atomic E-state index is 13.4.